The molecule has 4 aromatic rings. The first kappa shape index (κ1) is 19.2. The summed E-state index contributed by atoms with van der Waals surface area (Å²) in [5.74, 6) is 0. The fourth-order valence-electron chi connectivity index (χ4n) is 4.23. The second-order valence-corrected chi connectivity index (χ2v) is 8.94. The lowest BCUT2D eigenvalue weighted by molar-refractivity contribution is 0.466. The molecule has 6 heteroatoms. The maximum absolute atomic E-state index is 13.2. The van der Waals surface area contributed by atoms with Crippen molar-refractivity contribution >= 4 is 21.6 Å². The number of nitrogens with one attached hydrogen (secondary N) is 1. The van der Waals surface area contributed by atoms with Crippen LogP contribution in [0.5, 0.6) is 0 Å². The van der Waals surface area contributed by atoms with Crippen LogP contribution in [0.15, 0.2) is 66.0 Å². The normalized spacial score (nSPS) is 15.9. The van der Waals surface area contributed by atoms with Gasteiger partial charge in [0.05, 0.1) is 18.3 Å². The van der Waals surface area contributed by atoms with Crippen LogP contribution in [0.25, 0.3) is 10.2 Å². The molecule has 1 N–H and O–H groups in total. The summed E-state index contributed by atoms with van der Waals surface area (Å²) in [5, 5.41) is 4.52. The minimum Gasteiger partial charge on any atom is -0.313 e. The molecular weight excluding hydrogens is 392 g/mol. The van der Waals surface area contributed by atoms with Crippen molar-refractivity contribution in [3.05, 3.63) is 93.1 Å². The van der Waals surface area contributed by atoms with Gasteiger partial charge in [-0.2, -0.15) is 0 Å². The Morgan fingerprint density at radius 2 is 2.00 bits per heavy atom. The van der Waals surface area contributed by atoms with Crippen molar-refractivity contribution in [3.63, 3.8) is 0 Å². The molecular formula is C24H24N4OS. The summed E-state index contributed by atoms with van der Waals surface area (Å²) >= 11 is 1.69. The van der Waals surface area contributed by atoms with Crippen molar-refractivity contribution in [1.29, 1.82) is 0 Å². The number of nitrogens with zero attached hydrogens (tertiary/aromatic N) is 3. The summed E-state index contributed by atoms with van der Waals surface area (Å²) in [6.07, 6.45) is 9.38. The molecule has 1 atom stereocenters. The molecule has 0 spiro atoms. The molecule has 1 aromatic carbocycles. The maximum Gasteiger partial charge on any atom is 0.262 e. The first-order valence-corrected chi connectivity index (χ1v) is 11.3. The van der Waals surface area contributed by atoms with Gasteiger partial charge in [-0.05, 0) is 55.0 Å². The van der Waals surface area contributed by atoms with Crippen molar-refractivity contribution in [2.24, 2.45) is 0 Å². The lowest BCUT2D eigenvalue weighted by Gasteiger charge is -2.23. The predicted molar refractivity (Wildman–Crippen MR) is 121 cm³/mol. The van der Waals surface area contributed by atoms with Gasteiger partial charge in [-0.25, -0.2) is 4.98 Å². The first-order valence-electron chi connectivity index (χ1n) is 10.4. The quantitative estimate of drug-likeness (QED) is 0.522. The van der Waals surface area contributed by atoms with Gasteiger partial charge in [-0.15, -0.1) is 11.3 Å². The summed E-state index contributed by atoms with van der Waals surface area (Å²) in [6, 6.07) is 14.6. The molecule has 0 bridgehead atoms. The lowest BCUT2D eigenvalue weighted by Crippen LogP contribution is -2.35. The van der Waals surface area contributed by atoms with E-state index >= 15 is 0 Å². The van der Waals surface area contributed by atoms with Crippen LogP contribution in [0.1, 0.15) is 28.0 Å². The van der Waals surface area contributed by atoms with Gasteiger partial charge in [0.1, 0.15) is 4.83 Å². The largest absolute Gasteiger partial charge is 0.313 e. The highest BCUT2D eigenvalue weighted by Crippen LogP contribution is 2.33. The smallest absolute Gasteiger partial charge is 0.262 e. The number of thiophene rings is 1. The van der Waals surface area contributed by atoms with Crippen molar-refractivity contribution in [2.75, 3.05) is 6.54 Å². The Hall–Kier alpha value is -2.83. The summed E-state index contributed by atoms with van der Waals surface area (Å²) in [6.45, 7) is 1.50. The summed E-state index contributed by atoms with van der Waals surface area (Å²) in [4.78, 5) is 24.2. The van der Waals surface area contributed by atoms with Crippen molar-refractivity contribution in [2.45, 2.75) is 38.3 Å². The molecule has 0 fully saturated rings. The SMILES string of the molecule is O=c1c2c3c(sc2ncn1Cc1ccccc1)CC(NCCc1cccnc1)CC3. The second kappa shape index (κ2) is 8.50. The van der Waals surface area contributed by atoms with Gasteiger partial charge in [-0.1, -0.05) is 36.4 Å². The highest BCUT2D eigenvalue weighted by molar-refractivity contribution is 7.18. The minimum absolute atomic E-state index is 0.0874. The molecule has 0 saturated carbocycles. The highest BCUT2D eigenvalue weighted by Gasteiger charge is 2.25. The summed E-state index contributed by atoms with van der Waals surface area (Å²) < 4.78 is 1.74. The molecule has 0 amide bonds. The molecule has 0 aliphatic heterocycles. The highest BCUT2D eigenvalue weighted by atomic mass is 32.1. The van der Waals surface area contributed by atoms with Crippen molar-refractivity contribution in [3.8, 4) is 0 Å². The van der Waals surface area contributed by atoms with Crippen LogP contribution in [0.3, 0.4) is 0 Å². The second-order valence-electron chi connectivity index (χ2n) is 7.85. The van der Waals surface area contributed by atoms with E-state index in [1.165, 1.54) is 16.0 Å². The van der Waals surface area contributed by atoms with E-state index in [1.807, 2.05) is 48.8 Å². The minimum atomic E-state index is 0.0874. The monoisotopic (exact) mass is 416 g/mol. The number of aromatic nitrogens is 3. The number of benzene rings is 1. The average Bonchev–Trinajstić information content (AvgIpc) is 3.16. The number of hydrogen-bond acceptors (Lipinski definition) is 5. The van der Waals surface area contributed by atoms with Crippen molar-refractivity contribution in [1.82, 2.24) is 19.9 Å². The van der Waals surface area contributed by atoms with Crippen molar-refractivity contribution < 1.29 is 0 Å². The lowest BCUT2D eigenvalue weighted by atomic mass is 9.93. The molecule has 1 aliphatic carbocycles. The third-order valence-electron chi connectivity index (χ3n) is 5.80. The van der Waals surface area contributed by atoms with Crippen LogP contribution in [0.2, 0.25) is 0 Å². The van der Waals surface area contributed by atoms with E-state index in [4.69, 9.17) is 0 Å². The predicted octanol–water partition coefficient (Wildman–Crippen LogP) is 3.59. The van der Waals surface area contributed by atoms with Gasteiger partial charge in [0.15, 0.2) is 0 Å². The Morgan fingerprint density at radius 1 is 1.13 bits per heavy atom. The fourth-order valence-corrected chi connectivity index (χ4v) is 5.49. The number of aryl methyl sites for hydroxylation is 1. The Labute approximate surface area is 179 Å². The van der Waals surface area contributed by atoms with E-state index in [1.54, 1.807) is 22.2 Å². The molecule has 3 aromatic heterocycles. The molecule has 30 heavy (non-hydrogen) atoms. The summed E-state index contributed by atoms with van der Waals surface area (Å²) in [7, 11) is 0. The Bertz CT molecular complexity index is 1200. The molecule has 0 radical (unpaired) electrons. The molecule has 1 aliphatic rings. The van der Waals surface area contributed by atoms with E-state index < -0.39 is 0 Å². The molecule has 0 saturated heterocycles. The zero-order valence-electron chi connectivity index (χ0n) is 16.8. The van der Waals surface area contributed by atoms with Gasteiger partial charge in [0, 0.05) is 23.3 Å². The van der Waals surface area contributed by atoms with Gasteiger partial charge < -0.3 is 5.32 Å². The zero-order valence-corrected chi connectivity index (χ0v) is 17.6. The Morgan fingerprint density at radius 3 is 2.83 bits per heavy atom. The number of hydrogen-bond donors (Lipinski definition) is 1. The molecule has 1 unspecified atom stereocenters. The van der Waals surface area contributed by atoms with Crippen LogP contribution in [-0.4, -0.2) is 27.1 Å². The first-order chi connectivity index (χ1) is 14.8. The molecule has 5 rings (SSSR count). The molecule has 152 valence electrons. The fraction of sp³-hybridized carbons (Fsp3) is 0.292. The average molecular weight is 417 g/mol. The van der Waals surface area contributed by atoms with E-state index in [-0.39, 0.29) is 5.56 Å². The van der Waals surface area contributed by atoms with E-state index in [9.17, 15) is 4.79 Å². The standard InChI is InChI=1S/C24H24N4OS/c29-24-22-20-9-8-19(26-12-10-17-7-4-11-25-14-17)13-21(20)30-23(22)27-16-28(24)15-18-5-2-1-3-6-18/h1-7,11,14,16,19,26H,8-10,12-13,15H2. The van der Waals surface area contributed by atoms with Crippen LogP contribution in [-0.2, 0) is 25.8 Å². The van der Waals surface area contributed by atoms with Crippen LogP contribution in [0.4, 0.5) is 0 Å². The molecule has 3 heterocycles. The van der Waals surface area contributed by atoms with Gasteiger partial charge in [0.2, 0.25) is 0 Å². The topological polar surface area (TPSA) is 59.8 Å². The van der Waals surface area contributed by atoms with Crippen LogP contribution in [0, 0.1) is 0 Å². The maximum atomic E-state index is 13.2. The van der Waals surface area contributed by atoms with Crippen LogP contribution >= 0.6 is 11.3 Å². The van der Waals surface area contributed by atoms with Gasteiger partial charge in [-0.3, -0.25) is 14.3 Å². The van der Waals surface area contributed by atoms with E-state index in [0.29, 0.717) is 12.6 Å². The zero-order chi connectivity index (χ0) is 20.3. The van der Waals surface area contributed by atoms with E-state index in [2.05, 4.69) is 21.4 Å². The Kier molecular flexibility index (Phi) is 5.43. The van der Waals surface area contributed by atoms with Crippen LogP contribution < -0.4 is 10.9 Å². The number of rotatable bonds is 6. The Balaban J connectivity index is 1.32. The van der Waals surface area contributed by atoms with E-state index in [0.717, 1.165) is 48.0 Å². The number of fused-ring (bicyclic) bond motifs is 3. The summed E-state index contributed by atoms with van der Waals surface area (Å²) in [5.41, 5.74) is 3.68. The third kappa shape index (κ3) is 3.93. The number of pyridine rings is 1. The van der Waals surface area contributed by atoms with Gasteiger partial charge >= 0.3 is 0 Å². The molecule has 5 nitrogen and oxygen atoms in total. The van der Waals surface area contributed by atoms with Gasteiger partial charge in [0.25, 0.3) is 5.56 Å². The third-order valence-corrected chi connectivity index (χ3v) is 6.96.